The Morgan fingerprint density at radius 2 is 2.00 bits per heavy atom. The van der Waals surface area contributed by atoms with E-state index in [2.05, 4.69) is 10.3 Å². The normalized spacial score (nSPS) is 27.4. The molecular formula is C15H20N2O5. The van der Waals surface area contributed by atoms with Gasteiger partial charge in [-0.15, -0.1) is 0 Å². The van der Waals surface area contributed by atoms with Crippen LogP contribution in [0.25, 0.3) is 0 Å². The second-order valence-electron chi connectivity index (χ2n) is 5.81. The molecule has 0 radical (unpaired) electrons. The third-order valence-corrected chi connectivity index (χ3v) is 4.27. The second-order valence-corrected chi connectivity index (χ2v) is 5.81. The SMILES string of the molecule is O=C(O)C1(O)CCC(NCc2cc3c(cn2)OCCO3)CC1. The zero-order chi connectivity index (χ0) is 15.6. The number of carbonyl (C=O) groups is 1. The molecule has 0 atom stereocenters. The van der Waals surface area contributed by atoms with Crippen molar-refractivity contribution in [2.45, 2.75) is 43.9 Å². The number of rotatable bonds is 4. The molecule has 7 heteroatoms. The van der Waals surface area contributed by atoms with Gasteiger partial charge in [-0.25, -0.2) is 4.79 Å². The van der Waals surface area contributed by atoms with Gasteiger partial charge in [0, 0.05) is 18.7 Å². The van der Waals surface area contributed by atoms with E-state index in [1.807, 2.05) is 6.07 Å². The molecule has 0 unspecified atom stereocenters. The summed E-state index contributed by atoms with van der Waals surface area (Å²) < 4.78 is 10.9. The third kappa shape index (κ3) is 3.15. The molecule has 2 aliphatic rings. The van der Waals surface area contributed by atoms with Crippen molar-refractivity contribution in [3.63, 3.8) is 0 Å². The van der Waals surface area contributed by atoms with Gasteiger partial charge in [0.25, 0.3) is 0 Å². The standard InChI is InChI=1S/C15H20N2O5/c18-14(19)15(20)3-1-10(2-4-15)16-8-11-7-12-13(9-17-11)22-6-5-21-12/h7,9-10,16,20H,1-6,8H2,(H,18,19). The average Bonchev–Trinajstić information content (AvgIpc) is 2.54. The summed E-state index contributed by atoms with van der Waals surface area (Å²) in [5.74, 6) is 0.251. The number of aromatic nitrogens is 1. The molecule has 7 nitrogen and oxygen atoms in total. The van der Waals surface area contributed by atoms with Gasteiger partial charge in [0.15, 0.2) is 17.1 Å². The predicted molar refractivity (Wildman–Crippen MR) is 76.9 cm³/mol. The molecule has 1 aliphatic heterocycles. The van der Waals surface area contributed by atoms with Gasteiger partial charge in [0.1, 0.15) is 13.2 Å². The van der Waals surface area contributed by atoms with Gasteiger partial charge in [0.2, 0.25) is 0 Å². The number of nitrogens with zero attached hydrogens (tertiary/aromatic N) is 1. The molecule has 3 N–H and O–H groups in total. The number of hydrogen-bond acceptors (Lipinski definition) is 6. The molecule has 0 aromatic carbocycles. The van der Waals surface area contributed by atoms with Crippen LogP contribution in [0, 0.1) is 0 Å². The van der Waals surface area contributed by atoms with Crippen molar-refractivity contribution in [1.29, 1.82) is 0 Å². The molecule has 0 saturated heterocycles. The maximum atomic E-state index is 11.0. The lowest BCUT2D eigenvalue weighted by Gasteiger charge is -2.33. The Morgan fingerprint density at radius 3 is 2.68 bits per heavy atom. The van der Waals surface area contributed by atoms with Crippen LogP contribution in [0.2, 0.25) is 0 Å². The number of nitrogens with one attached hydrogen (secondary N) is 1. The summed E-state index contributed by atoms with van der Waals surface area (Å²) in [6, 6.07) is 2.05. The molecule has 0 amide bonds. The number of carboxylic acids is 1. The van der Waals surface area contributed by atoms with Crippen LogP contribution in [0.1, 0.15) is 31.4 Å². The Balaban J connectivity index is 1.52. The summed E-state index contributed by atoms with van der Waals surface area (Å²) in [7, 11) is 0. The molecule has 0 spiro atoms. The molecule has 1 fully saturated rings. The van der Waals surface area contributed by atoms with Crippen molar-refractivity contribution < 1.29 is 24.5 Å². The minimum absolute atomic E-state index is 0.189. The van der Waals surface area contributed by atoms with E-state index in [1.54, 1.807) is 6.20 Å². The van der Waals surface area contributed by atoms with Crippen LogP contribution in [0.5, 0.6) is 11.5 Å². The van der Waals surface area contributed by atoms with Gasteiger partial charge in [-0.2, -0.15) is 0 Å². The fourth-order valence-corrected chi connectivity index (χ4v) is 2.85. The van der Waals surface area contributed by atoms with Crippen molar-refractivity contribution in [2.75, 3.05) is 13.2 Å². The summed E-state index contributed by atoms with van der Waals surface area (Å²) >= 11 is 0. The van der Waals surface area contributed by atoms with Crippen molar-refractivity contribution in [3.05, 3.63) is 18.0 Å². The number of aliphatic hydroxyl groups is 1. The molecule has 1 aromatic rings. The number of hydrogen-bond donors (Lipinski definition) is 3. The minimum atomic E-state index is -1.56. The van der Waals surface area contributed by atoms with Gasteiger partial charge in [-0.05, 0) is 25.7 Å². The van der Waals surface area contributed by atoms with E-state index in [4.69, 9.17) is 14.6 Å². The summed E-state index contributed by atoms with van der Waals surface area (Å²) in [5, 5.41) is 22.3. The van der Waals surface area contributed by atoms with Gasteiger partial charge in [-0.1, -0.05) is 0 Å². The Labute approximate surface area is 128 Å². The van der Waals surface area contributed by atoms with Crippen LogP contribution < -0.4 is 14.8 Å². The lowest BCUT2D eigenvalue weighted by atomic mass is 9.82. The lowest BCUT2D eigenvalue weighted by molar-refractivity contribution is -0.162. The Hall–Kier alpha value is -1.86. The first-order valence-corrected chi connectivity index (χ1v) is 7.50. The summed E-state index contributed by atoms with van der Waals surface area (Å²) in [4.78, 5) is 15.3. The van der Waals surface area contributed by atoms with E-state index < -0.39 is 11.6 Å². The zero-order valence-electron chi connectivity index (χ0n) is 12.2. The highest BCUT2D eigenvalue weighted by atomic mass is 16.6. The molecule has 120 valence electrons. The Morgan fingerprint density at radius 1 is 1.32 bits per heavy atom. The van der Waals surface area contributed by atoms with E-state index in [1.165, 1.54) is 0 Å². The largest absolute Gasteiger partial charge is 0.486 e. The first-order valence-electron chi connectivity index (χ1n) is 7.50. The molecular weight excluding hydrogens is 288 g/mol. The number of fused-ring (bicyclic) bond motifs is 1. The van der Waals surface area contributed by atoms with E-state index >= 15 is 0 Å². The lowest BCUT2D eigenvalue weighted by Crippen LogP contribution is -2.46. The highest BCUT2D eigenvalue weighted by Crippen LogP contribution is 2.30. The maximum Gasteiger partial charge on any atom is 0.335 e. The van der Waals surface area contributed by atoms with Crippen LogP contribution >= 0.6 is 0 Å². The Bertz CT molecular complexity index is 555. The maximum absolute atomic E-state index is 11.0. The third-order valence-electron chi connectivity index (χ3n) is 4.27. The molecule has 22 heavy (non-hydrogen) atoms. The summed E-state index contributed by atoms with van der Waals surface area (Å²) in [6.07, 6.45) is 3.47. The van der Waals surface area contributed by atoms with Gasteiger partial charge in [0.05, 0.1) is 11.9 Å². The van der Waals surface area contributed by atoms with Gasteiger partial charge in [-0.3, -0.25) is 4.98 Å². The molecule has 2 heterocycles. The van der Waals surface area contributed by atoms with Gasteiger partial charge < -0.3 is 25.0 Å². The highest BCUT2D eigenvalue weighted by molar-refractivity contribution is 5.77. The van der Waals surface area contributed by atoms with Crippen molar-refractivity contribution >= 4 is 5.97 Å². The molecule has 1 aromatic heterocycles. The van der Waals surface area contributed by atoms with Crippen LogP contribution in [0.15, 0.2) is 12.3 Å². The van der Waals surface area contributed by atoms with Crippen molar-refractivity contribution in [1.82, 2.24) is 10.3 Å². The van der Waals surface area contributed by atoms with Crippen molar-refractivity contribution in [3.8, 4) is 11.5 Å². The fourth-order valence-electron chi connectivity index (χ4n) is 2.85. The number of aliphatic carboxylic acids is 1. The first kappa shape index (κ1) is 15.1. The zero-order valence-corrected chi connectivity index (χ0v) is 12.2. The van der Waals surface area contributed by atoms with E-state index in [9.17, 15) is 9.90 Å². The summed E-state index contributed by atoms with van der Waals surface area (Å²) in [5.41, 5.74) is -0.712. The fraction of sp³-hybridized carbons (Fsp3) is 0.600. The molecule has 1 saturated carbocycles. The van der Waals surface area contributed by atoms with Gasteiger partial charge >= 0.3 is 5.97 Å². The number of pyridine rings is 1. The van der Waals surface area contributed by atoms with Crippen LogP contribution in [0.4, 0.5) is 0 Å². The van der Waals surface area contributed by atoms with Crippen LogP contribution in [-0.2, 0) is 11.3 Å². The smallest absolute Gasteiger partial charge is 0.335 e. The predicted octanol–water partition coefficient (Wildman–Crippen LogP) is 0.701. The molecule has 0 bridgehead atoms. The average molecular weight is 308 g/mol. The highest BCUT2D eigenvalue weighted by Gasteiger charge is 2.39. The van der Waals surface area contributed by atoms with E-state index in [0.29, 0.717) is 44.1 Å². The minimum Gasteiger partial charge on any atom is -0.486 e. The second kappa shape index (κ2) is 6.10. The van der Waals surface area contributed by atoms with E-state index in [-0.39, 0.29) is 18.9 Å². The van der Waals surface area contributed by atoms with Crippen molar-refractivity contribution in [2.24, 2.45) is 0 Å². The quantitative estimate of drug-likeness (QED) is 0.752. The molecule has 1 aliphatic carbocycles. The number of ether oxygens (including phenoxy) is 2. The summed E-state index contributed by atoms with van der Waals surface area (Å²) in [6.45, 7) is 1.66. The van der Waals surface area contributed by atoms with Crippen LogP contribution in [0.3, 0.4) is 0 Å². The topological polar surface area (TPSA) is 101 Å². The Kier molecular flexibility index (Phi) is 4.17. The van der Waals surface area contributed by atoms with E-state index in [0.717, 1.165) is 5.69 Å². The van der Waals surface area contributed by atoms with Crippen LogP contribution in [-0.4, -0.2) is 46.0 Å². The first-order chi connectivity index (χ1) is 10.6. The number of carboxylic acid groups (broad SMARTS) is 1. The molecule has 3 rings (SSSR count). The monoisotopic (exact) mass is 308 g/mol.